The maximum absolute atomic E-state index is 4.59. The van der Waals surface area contributed by atoms with E-state index in [-0.39, 0.29) is 18.9 Å². The van der Waals surface area contributed by atoms with Gasteiger partial charge in [-0.05, 0) is 27.7 Å². The Morgan fingerprint density at radius 2 is 1.62 bits per heavy atom. The predicted molar refractivity (Wildman–Crippen MR) is 65.1 cm³/mol. The Morgan fingerprint density at radius 3 is 2.06 bits per heavy atom. The van der Waals surface area contributed by atoms with Gasteiger partial charge in [-0.25, -0.2) is 0 Å². The molecule has 1 N–H and O–H groups in total. The van der Waals surface area contributed by atoms with E-state index in [9.17, 15) is 0 Å². The second-order valence-electron chi connectivity index (χ2n) is 4.24. The topological polar surface area (TPSA) is 28.1 Å². The molecule has 0 atom stereocenters. The van der Waals surface area contributed by atoms with Crippen LogP contribution in [-0.4, -0.2) is 17.9 Å². The van der Waals surface area contributed by atoms with Crippen LogP contribution >= 0.6 is 0 Å². The monoisotopic (exact) mass is 211 g/mol. The molecule has 2 nitrogen and oxygen atoms in total. The summed E-state index contributed by atoms with van der Waals surface area (Å²) in [5.74, 6) is 0.987. The summed E-state index contributed by atoms with van der Waals surface area (Å²) < 4.78 is 0. The first kappa shape index (κ1) is 15.3. The average Bonchev–Trinajstić information content (AvgIpc) is 2.17. The SMILES string of the molecule is CC(C)[N-]C(=[NH+]C(C)C)c1ccccc1.[Li+]. The molecule has 3 heteroatoms. The van der Waals surface area contributed by atoms with Crippen molar-refractivity contribution in [1.29, 1.82) is 0 Å². The quantitative estimate of drug-likeness (QED) is 0.366. The summed E-state index contributed by atoms with van der Waals surface area (Å²) in [5, 5.41) is 4.59. The Hall–Kier alpha value is -0.713. The largest absolute Gasteiger partial charge is 1.00 e. The number of hydrogen-bond donors (Lipinski definition) is 1. The van der Waals surface area contributed by atoms with Crippen LogP contribution in [0.25, 0.3) is 5.32 Å². The number of amidine groups is 1. The summed E-state index contributed by atoms with van der Waals surface area (Å²) in [7, 11) is 0. The van der Waals surface area contributed by atoms with Crippen LogP contribution in [0.15, 0.2) is 30.3 Å². The standard InChI is InChI=1S/C13H19N2.Li/c1-10(2)14-13(15-11(3)4)12-8-6-5-7-9-12;/h5-11H,1-4H3;/q-1;+1/p+1. The minimum absolute atomic E-state index is 0. The van der Waals surface area contributed by atoms with Gasteiger partial charge in [0, 0.05) is 17.6 Å². The van der Waals surface area contributed by atoms with Gasteiger partial charge < -0.3 is 4.99 Å². The number of nitrogens with one attached hydrogen (secondary N) is 1. The second-order valence-corrected chi connectivity index (χ2v) is 4.24. The zero-order chi connectivity index (χ0) is 11.3. The van der Waals surface area contributed by atoms with E-state index in [4.69, 9.17) is 0 Å². The second kappa shape index (κ2) is 7.54. The third-order valence-corrected chi connectivity index (χ3v) is 1.86. The summed E-state index contributed by atoms with van der Waals surface area (Å²) in [6.07, 6.45) is 0. The first-order chi connectivity index (χ1) is 7.09. The minimum Gasteiger partial charge on any atom is -0.368 e. The summed E-state index contributed by atoms with van der Waals surface area (Å²) in [6.45, 7) is 8.42. The third kappa shape index (κ3) is 5.39. The fraction of sp³-hybridized carbons (Fsp3) is 0.462. The molecule has 1 rings (SSSR count). The number of nitrogens with zero attached hydrogens (tertiary/aromatic N) is 1. The summed E-state index contributed by atoms with van der Waals surface area (Å²) in [5.41, 5.74) is 1.15. The smallest absolute Gasteiger partial charge is 0.368 e. The summed E-state index contributed by atoms with van der Waals surface area (Å²) in [4.78, 5) is 3.38. The molecular formula is C13H20LiN2+. The Kier molecular flexibility index (Phi) is 7.21. The number of benzene rings is 1. The van der Waals surface area contributed by atoms with Crippen molar-refractivity contribution in [2.24, 2.45) is 0 Å². The van der Waals surface area contributed by atoms with Gasteiger partial charge in [0.1, 0.15) is 5.84 Å². The number of rotatable bonds is 3. The Bertz CT molecular complexity index is 318. The fourth-order valence-electron chi connectivity index (χ4n) is 1.32. The molecule has 0 unspecified atom stereocenters. The Labute approximate surface area is 111 Å². The summed E-state index contributed by atoms with van der Waals surface area (Å²) >= 11 is 0. The molecule has 1 aromatic rings. The van der Waals surface area contributed by atoms with Gasteiger partial charge in [-0.1, -0.05) is 30.3 Å². The maximum Gasteiger partial charge on any atom is 1.00 e. The van der Waals surface area contributed by atoms with Gasteiger partial charge in [-0.2, -0.15) is 0 Å². The molecule has 0 spiro atoms. The van der Waals surface area contributed by atoms with Crippen molar-refractivity contribution < 1.29 is 23.9 Å². The molecule has 16 heavy (non-hydrogen) atoms. The van der Waals surface area contributed by atoms with Crippen molar-refractivity contribution in [2.45, 2.75) is 39.8 Å². The van der Waals surface area contributed by atoms with Crippen molar-refractivity contribution in [1.82, 2.24) is 0 Å². The molecule has 0 radical (unpaired) electrons. The van der Waals surface area contributed by atoms with Crippen molar-refractivity contribution in [3.63, 3.8) is 0 Å². The van der Waals surface area contributed by atoms with E-state index in [1.165, 1.54) is 0 Å². The van der Waals surface area contributed by atoms with E-state index in [0.29, 0.717) is 12.1 Å². The third-order valence-electron chi connectivity index (χ3n) is 1.86. The zero-order valence-corrected chi connectivity index (χ0v) is 11.0. The average molecular weight is 211 g/mol. The van der Waals surface area contributed by atoms with Gasteiger partial charge in [0.15, 0.2) is 0 Å². The van der Waals surface area contributed by atoms with Crippen LogP contribution in [0.5, 0.6) is 0 Å². The fourth-order valence-corrected chi connectivity index (χ4v) is 1.32. The maximum atomic E-state index is 4.59. The molecule has 0 aliphatic heterocycles. The first-order valence-corrected chi connectivity index (χ1v) is 5.49. The Balaban J connectivity index is 0.00000225. The van der Waals surface area contributed by atoms with E-state index in [0.717, 1.165) is 11.4 Å². The molecule has 0 saturated heterocycles. The van der Waals surface area contributed by atoms with Crippen molar-refractivity contribution in [3.8, 4) is 0 Å². The molecule has 82 valence electrons. The molecule has 0 amide bonds. The van der Waals surface area contributed by atoms with Crippen LogP contribution in [0.4, 0.5) is 0 Å². The first-order valence-electron chi connectivity index (χ1n) is 5.49. The van der Waals surface area contributed by atoms with Crippen LogP contribution < -0.4 is 23.9 Å². The molecule has 0 heterocycles. The van der Waals surface area contributed by atoms with E-state index in [1.807, 2.05) is 18.2 Å². The van der Waals surface area contributed by atoms with E-state index >= 15 is 0 Å². The molecule has 0 aliphatic rings. The summed E-state index contributed by atoms with van der Waals surface area (Å²) in [6, 6.07) is 11.0. The zero-order valence-electron chi connectivity index (χ0n) is 11.0. The van der Waals surface area contributed by atoms with E-state index < -0.39 is 0 Å². The molecule has 0 fully saturated rings. The van der Waals surface area contributed by atoms with Crippen LogP contribution in [0.1, 0.15) is 33.3 Å². The Morgan fingerprint density at radius 1 is 1.06 bits per heavy atom. The van der Waals surface area contributed by atoms with Gasteiger partial charge >= 0.3 is 18.9 Å². The van der Waals surface area contributed by atoms with E-state index in [2.05, 4.69) is 50.1 Å². The molecule has 1 aromatic carbocycles. The normalized spacial score (nSPS) is 11.5. The molecule has 0 aromatic heterocycles. The van der Waals surface area contributed by atoms with Crippen LogP contribution in [0.3, 0.4) is 0 Å². The van der Waals surface area contributed by atoms with Gasteiger partial charge in [0.25, 0.3) is 0 Å². The molecular weight excluding hydrogens is 191 g/mol. The van der Waals surface area contributed by atoms with Gasteiger partial charge in [-0.15, -0.1) is 0 Å². The van der Waals surface area contributed by atoms with E-state index in [1.54, 1.807) is 0 Å². The molecule has 0 saturated carbocycles. The molecule has 0 bridgehead atoms. The van der Waals surface area contributed by atoms with Crippen molar-refractivity contribution >= 4 is 5.84 Å². The molecule has 0 aliphatic carbocycles. The predicted octanol–water partition coefficient (Wildman–Crippen LogP) is -1.29. The number of hydrogen-bond acceptors (Lipinski definition) is 0. The van der Waals surface area contributed by atoms with Crippen LogP contribution in [-0.2, 0) is 0 Å². The van der Waals surface area contributed by atoms with Crippen molar-refractivity contribution in [3.05, 3.63) is 41.2 Å². The van der Waals surface area contributed by atoms with Crippen molar-refractivity contribution in [2.75, 3.05) is 0 Å². The van der Waals surface area contributed by atoms with Gasteiger partial charge in [0.2, 0.25) is 0 Å². The minimum atomic E-state index is 0. The van der Waals surface area contributed by atoms with Gasteiger partial charge in [0.05, 0.1) is 0 Å². The van der Waals surface area contributed by atoms with Crippen LogP contribution in [0.2, 0.25) is 0 Å². The van der Waals surface area contributed by atoms with Crippen LogP contribution in [0, 0.1) is 0 Å². The van der Waals surface area contributed by atoms with Gasteiger partial charge in [-0.3, -0.25) is 5.32 Å².